The second-order valence-electron chi connectivity index (χ2n) is 9.39. The summed E-state index contributed by atoms with van der Waals surface area (Å²) in [7, 11) is 0.388. The van der Waals surface area contributed by atoms with Crippen molar-refractivity contribution in [1.82, 2.24) is 9.55 Å². The number of aromatic nitrogens is 2. The van der Waals surface area contributed by atoms with Crippen molar-refractivity contribution < 1.29 is 18.7 Å². The number of ether oxygens (including phenoxy) is 2. The highest BCUT2D eigenvalue weighted by molar-refractivity contribution is 6.48. The fourth-order valence-corrected chi connectivity index (χ4v) is 5.02. The normalized spacial score (nSPS) is 14.1. The summed E-state index contributed by atoms with van der Waals surface area (Å²) < 4.78 is 18.8. The summed E-state index contributed by atoms with van der Waals surface area (Å²) in [5.74, 6) is -0.446. The number of halogens is 1. The SMILES string of the molecule is CCOC(=O)c1cn([C@@H](C(C)C)C(O[Si](C)C)C(C)(C)C)c2cc(Cl)c(OC)nc2c1=O. The summed E-state index contributed by atoms with van der Waals surface area (Å²) in [6, 6.07) is 1.47. The number of carbonyl (C=O) groups is 1. The van der Waals surface area contributed by atoms with Crippen molar-refractivity contribution in [3.05, 3.63) is 33.1 Å². The van der Waals surface area contributed by atoms with E-state index in [1.807, 2.05) is 4.57 Å². The van der Waals surface area contributed by atoms with Gasteiger partial charge in [0.2, 0.25) is 20.3 Å². The van der Waals surface area contributed by atoms with Crippen molar-refractivity contribution in [2.75, 3.05) is 13.7 Å². The molecule has 0 N–H and O–H groups in total. The number of methoxy groups -OCH3 is 1. The lowest BCUT2D eigenvalue weighted by atomic mass is 9.80. The van der Waals surface area contributed by atoms with E-state index >= 15 is 0 Å². The van der Waals surface area contributed by atoms with E-state index in [0.717, 1.165) is 0 Å². The summed E-state index contributed by atoms with van der Waals surface area (Å²) in [5.41, 5.74) is -0.177. The zero-order valence-electron chi connectivity index (χ0n) is 20.4. The highest BCUT2D eigenvalue weighted by atomic mass is 35.5. The molecule has 0 amide bonds. The lowest BCUT2D eigenvalue weighted by Gasteiger charge is -2.42. The Balaban J connectivity index is 2.96. The van der Waals surface area contributed by atoms with Crippen LogP contribution in [0.5, 0.6) is 5.88 Å². The molecular weight excluding hydrogens is 448 g/mol. The third-order valence-corrected chi connectivity index (χ3v) is 6.15. The first-order chi connectivity index (χ1) is 14.8. The van der Waals surface area contributed by atoms with Crippen LogP contribution in [0.4, 0.5) is 0 Å². The van der Waals surface area contributed by atoms with Crippen molar-refractivity contribution in [2.45, 2.75) is 66.8 Å². The van der Waals surface area contributed by atoms with Crippen molar-refractivity contribution in [2.24, 2.45) is 11.3 Å². The maximum Gasteiger partial charge on any atom is 0.343 e. The summed E-state index contributed by atoms with van der Waals surface area (Å²) in [4.78, 5) is 30.2. The smallest absolute Gasteiger partial charge is 0.343 e. The minimum Gasteiger partial charge on any atom is -0.480 e. The predicted molar refractivity (Wildman–Crippen MR) is 129 cm³/mol. The lowest BCUT2D eigenvalue weighted by Crippen LogP contribution is -2.43. The third kappa shape index (κ3) is 5.53. The van der Waals surface area contributed by atoms with Crippen LogP contribution in [0, 0.1) is 11.3 Å². The fourth-order valence-electron chi connectivity index (χ4n) is 3.79. The molecule has 2 heterocycles. The molecule has 0 aliphatic rings. The van der Waals surface area contributed by atoms with Gasteiger partial charge in [-0.05, 0) is 37.4 Å². The number of rotatable bonds is 8. The first-order valence-electron chi connectivity index (χ1n) is 10.8. The Labute approximate surface area is 196 Å². The summed E-state index contributed by atoms with van der Waals surface area (Å²) >= 11 is 6.40. The molecule has 0 fully saturated rings. The minimum absolute atomic E-state index is 0.0759. The van der Waals surface area contributed by atoms with E-state index in [1.54, 1.807) is 19.2 Å². The van der Waals surface area contributed by atoms with Gasteiger partial charge in [-0.25, -0.2) is 9.78 Å². The molecule has 2 rings (SSSR count). The molecule has 2 atom stereocenters. The summed E-state index contributed by atoms with van der Waals surface area (Å²) in [6.07, 6.45) is 1.38. The molecule has 0 saturated carbocycles. The Morgan fingerprint density at radius 3 is 2.38 bits per heavy atom. The molecule has 0 spiro atoms. The molecule has 1 unspecified atom stereocenters. The highest BCUT2D eigenvalue weighted by Gasteiger charge is 2.38. The van der Waals surface area contributed by atoms with Gasteiger partial charge in [-0.1, -0.05) is 46.2 Å². The molecule has 1 radical (unpaired) electrons. The predicted octanol–water partition coefficient (Wildman–Crippen LogP) is 5.11. The number of pyridine rings is 2. The molecule has 0 saturated heterocycles. The molecule has 177 valence electrons. The standard InChI is InChI=1S/C23H34ClN2O5Si/c1-10-30-22(28)14-12-26(16-11-15(24)21(29-7)25-17(16)19(14)27)18(13(2)3)20(23(4,5)6)31-32(8)9/h11-13,18,20H,10H2,1-9H3/t18-,20?/m0/s1. The largest absolute Gasteiger partial charge is 0.480 e. The van der Waals surface area contributed by atoms with Crippen LogP contribution in [-0.4, -0.2) is 44.4 Å². The van der Waals surface area contributed by atoms with Gasteiger partial charge < -0.3 is 18.5 Å². The number of nitrogens with zero attached hydrogens (tertiary/aromatic N) is 2. The Hall–Kier alpha value is -1.90. The topological polar surface area (TPSA) is 79.7 Å². The number of hydrogen-bond donors (Lipinski definition) is 0. The number of esters is 1. The minimum atomic E-state index is -1.04. The summed E-state index contributed by atoms with van der Waals surface area (Å²) in [5, 5.41) is 0.281. The highest BCUT2D eigenvalue weighted by Crippen LogP contribution is 2.38. The van der Waals surface area contributed by atoms with Crippen LogP contribution in [0.3, 0.4) is 0 Å². The second-order valence-corrected chi connectivity index (χ2v) is 11.9. The molecule has 9 heteroatoms. The molecule has 2 aromatic rings. The Kier molecular flexibility index (Phi) is 8.53. The molecule has 2 aromatic heterocycles. The van der Waals surface area contributed by atoms with E-state index in [0.29, 0.717) is 5.52 Å². The van der Waals surface area contributed by atoms with E-state index in [2.05, 4.69) is 52.7 Å². The first-order valence-corrected chi connectivity index (χ1v) is 13.5. The number of fused-ring (bicyclic) bond motifs is 1. The van der Waals surface area contributed by atoms with E-state index in [-0.39, 0.29) is 52.1 Å². The fraction of sp³-hybridized carbons (Fsp3) is 0.609. The van der Waals surface area contributed by atoms with Crippen molar-refractivity contribution in [3.63, 3.8) is 0 Å². The average molecular weight is 482 g/mol. The third-order valence-electron chi connectivity index (χ3n) is 5.15. The molecule has 32 heavy (non-hydrogen) atoms. The van der Waals surface area contributed by atoms with Crippen molar-refractivity contribution in [1.29, 1.82) is 0 Å². The van der Waals surface area contributed by atoms with Crippen LogP contribution >= 0.6 is 11.6 Å². The van der Waals surface area contributed by atoms with Crippen LogP contribution < -0.4 is 10.2 Å². The Bertz CT molecular complexity index is 1030. The molecule has 0 aromatic carbocycles. The van der Waals surface area contributed by atoms with E-state index in [9.17, 15) is 9.59 Å². The molecule has 0 aliphatic heterocycles. The van der Waals surface area contributed by atoms with Gasteiger partial charge in [0.25, 0.3) is 0 Å². The monoisotopic (exact) mass is 481 g/mol. The van der Waals surface area contributed by atoms with Crippen LogP contribution in [0.2, 0.25) is 18.1 Å². The summed E-state index contributed by atoms with van der Waals surface area (Å²) in [6.45, 7) is 16.6. The number of carbonyl (C=O) groups excluding carboxylic acids is 1. The zero-order valence-corrected chi connectivity index (χ0v) is 22.2. The van der Waals surface area contributed by atoms with Gasteiger partial charge in [-0.2, -0.15) is 0 Å². The molecule has 0 bridgehead atoms. The molecular formula is C23H34ClN2O5Si. The zero-order chi connectivity index (χ0) is 24.4. The van der Waals surface area contributed by atoms with Gasteiger partial charge in [0.1, 0.15) is 16.1 Å². The Morgan fingerprint density at radius 2 is 1.91 bits per heavy atom. The van der Waals surface area contributed by atoms with Gasteiger partial charge in [0.05, 0.1) is 31.4 Å². The van der Waals surface area contributed by atoms with E-state index in [4.69, 9.17) is 25.5 Å². The average Bonchev–Trinajstić information content (AvgIpc) is 2.67. The van der Waals surface area contributed by atoms with Gasteiger partial charge in [-0.15, -0.1) is 0 Å². The van der Waals surface area contributed by atoms with Crippen LogP contribution in [0.1, 0.15) is 57.9 Å². The molecule has 7 nitrogen and oxygen atoms in total. The quantitative estimate of drug-likeness (QED) is 0.384. The second kappa shape index (κ2) is 10.4. The van der Waals surface area contributed by atoms with Crippen LogP contribution in [0.15, 0.2) is 17.1 Å². The van der Waals surface area contributed by atoms with Gasteiger partial charge >= 0.3 is 5.97 Å². The van der Waals surface area contributed by atoms with Crippen molar-refractivity contribution >= 4 is 37.6 Å². The van der Waals surface area contributed by atoms with E-state index < -0.39 is 20.4 Å². The van der Waals surface area contributed by atoms with Crippen LogP contribution in [0.25, 0.3) is 11.0 Å². The van der Waals surface area contributed by atoms with Gasteiger partial charge in [0, 0.05) is 6.20 Å². The van der Waals surface area contributed by atoms with Gasteiger partial charge in [0.15, 0.2) is 0 Å². The molecule has 0 aliphatic carbocycles. The van der Waals surface area contributed by atoms with Gasteiger partial charge in [-0.3, -0.25) is 4.79 Å². The Morgan fingerprint density at radius 1 is 1.28 bits per heavy atom. The first kappa shape index (κ1) is 26.4. The van der Waals surface area contributed by atoms with Crippen molar-refractivity contribution in [3.8, 4) is 5.88 Å². The van der Waals surface area contributed by atoms with E-state index in [1.165, 1.54) is 7.11 Å². The van der Waals surface area contributed by atoms with Crippen LogP contribution in [-0.2, 0) is 9.16 Å². The lowest BCUT2D eigenvalue weighted by molar-refractivity contribution is 0.0212. The maximum absolute atomic E-state index is 13.2. The number of hydrogen-bond acceptors (Lipinski definition) is 6. The maximum atomic E-state index is 13.2.